The molecule has 0 saturated heterocycles. The van der Waals surface area contributed by atoms with Gasteiger partial charge in [-0.2, -0.15) is 0 Å². The second-order valence-corrected chi connectivity index (χ2v) is 3.77. The number of rotatable bonds is 6. The zero-order valence-electron chi connectivity index (χ0n) is 10.1. The smallest absolute Gasteiger partial charge is 0.143 e. The van der Waals surface area contributed by atoms with E-state index in [1.165, 1.54) is 0 Å². The quantitative estimate of drug-likeness (QED) is 0.340. The lowest BCUT2D eigenvalue weighted by atomic mass is 10.1. The predicted molar refractivity (Wildman–Crippen MR) is 65.5 cm³/mol. The molecule has 0 saturated carbocycles. The third-order valence-corrected chi connectivity index (χ3v) is 2.32. The summed E-state index contributed by atoms with van der Waals surface area (Å²) < 4.78 is 10.6. The summed E-state index contributed by atoms with van der Waals surface area (Å²) in [6.45, 7) is 2.45. The second-order valence-electron chi connectivity index (χ2n) is 3.77. The van der Waals surface area contributed by atoms with Gasteiger partial charge in [0.1, 0.15) is 18.2 Å². The Bertz CT molecular complexity index is 363. The van der Waals surface area contributed by atoms with Crippen LogP contribution in [0.15, 0.2) is 29.4 Å². The molecule has 5 nitrogen and oxygen atoms in total. The molecule has 5 heteroatoms. The molecule has 0 aliphatic carbocycles. The number of methoxy groups -OCH3 is 1. The van der Waals surface area contributed by atoms with Crippen LogP contribution in [0.25, 0.3) is 0 Å². The molecular weight excluding hydrogens is 220 g/mol. The van der Waals surface area contributed by atoms with Gasteiger partial charge in [-0.25, -0.2) is 0 Å². The van der Waals surface area contributed by atoms with Crippen LogP contribution in [0.2, 0.25) is 0 Å². The van der Waals surface area contributed by atoms with Crippen LogP contribution in [0.1, 0.15) is 12.5 Å². The van der Waals surface area contributed by atoms with Crippen LogP contribution >= 0.6 is 0 Å². The lowest BCUT2D eigenvalue weighted by Crippen LogP contribution is -2.16. The van der Waals surface area contributed by atoms with Crippen molar-refractivity contribution in [2.45, 2.75) is 19.4 Å². The van der Waals surface area contributed by atoms with E-state index in [4.69, 9.17) is 20.4 Å². The minimum Gasteiger partial charge on any atom is -0.491 e. The fourth-order valence-corrected chi connectivity index (χ4v) is 1.23. The van der Waals surface area contributed by atoms with Gasteiger partial charge in [0.25, 0.3) is 0 Å². The normalized spacial score (nSPS) is 13.4. The first kappa shape index (κ1) is 13.3. The summed E-state index contributed by atoms with van der Waals surface area (Å²) in [7, 11) is 1.65. The fourth-order valence-electron chi connectivity index (χ4n) is 1.23. The molecule has 0 spiro atoms. The molecule has 1 unspecified atom stereocenters. The molecule has 17 heavy (non-hydrogen) atoms. The summed E-state index contributed by atoms with van der Waals surface area (Å²) in [5.74, 6) is 0.962. The van der Waals surface area contributed by atoms with Crippen molar-refractivity contribution >= 4 is 5.84 Å². The first-order chi connectivity index (χ1) is 8.15. The van der Waals surface area contributed by atoms with Crippen molar-refractivity contribution in [1.82, 2.24) is 0 Å². The highest BCUT2D eigenvalue weighted by atomic mass is 16.5. The average molecular weight is 238 g/mol. The molecule has 1 aromatic carbocycles. The number of hydrogen-bond acceptors (Lipinski definition) is 4. The average Bonchev–Trinajstić information content (AvgIpc) is 2.37. The summed E-state index contributed by atoms with van der Waals surface area (Å²) in [5.41, 5.74) is 6.38. The lowest BCUT2D eigenvalue weighted by molar-refractivity contribution is 0.0716. The van der Waals surface area contributed by atoms with Gasteiger partial charge in [0, 0.05) is 13.5 Å². The number of amidine groups is 1. The Labute approximate surface area is 101 Å². The van der Waals surface area contributed by atoms with Crippen LogP contribution in [0.4, 0.5) is 0 Å². The van der Waals surface area contributed by atoms with E-state index in [0.29, 0.717) is 13.0 Å². The third kappa shape index (κ3) is 4.74. The number of benzene rings is 1. The van der Waals surface area contributed by atoms with E-state index >= 15 is 0 Å². The van der Waals surface area contributed by atoms with Gasteiger partial charge in [0.2, 0.25) is 0 Å². The Morgan fingerprint density at radius 2 is 2.06 bits per heavy atom. The van der Waals surface area contributed by atoms with Crippen LogP contribution in [-0.4, -0.2) is 30.9 Å². The molecule has 3 N–H and O–H groups in total. The molecule has 1 rings (SSSR count). The van der Waals surface area contributed by atoms with Gasteiger partial charge >= 0.3 is 0 Å². The number of oxime groups is 1. The summed E-state index contributed by atoms with van der Waals surface area (Å²) in [6, 6.07) is 7.46. The van der Waals surface area contributed by atoms with Crippen molar-refractivity contribution in [2.75, 3.05) is 13.7 Å². The molecule has 1 atom stereocenters. The standard InChI is InChI=1S/C12H18N2O3/c1-9(16-2)8-17-11-5-3-10(4-6-11)7-12(13)14-15/h3-6,9,15H,7-8H2,1-2H3,(H2,13,14). The minimum absolute atomic E-state index is 0.0619. The van der Waals surface area contributed by atoms with Crippen molar-refractivity contribution in [3.05, 3.63) is 29.8 Å². The third-order valence-electron chi connectivity index (χ3n) is 2.32. The summed E-state index contributed by atoms with van der Waals surface area (Å²) >= 11 is 0. The van der Waals surface area contributed by atoms with E-state index in [1.807, 2.05) is 31.2 Å². The first-order valence-corrected chi connectivity index (χ1v) is 5.36. The van der Waals surface area contributed by atoms with E-state index < -0.39 is 0 Å². The summed E-state index contributed by atoms with van der Waals surface area (Å²) in [5, 5.41) is 11.4. The van der Waals surface area contributed by atoms with Crippen molar-refractivity contribution in [1.29, 1.82) is 0 Å². The molecule has 0 heterocycles. The summed E-state index contributed by atoms with van der Waals surface area (Å²) in [4.78, 5) is 0. The largest absolute Gasteiger partial charge is 0.491 e. The van der Waals surface area contributed by atoms with Gasteiger partial charge in [-0.3, -0.25) is 0 Å². The highest BCUT2D eigenvalue weighted by molar-refractivity contribution is 5.81. The van der Waals surface area contributed by atoms with Gasteiger partial charge in [-0.15, -0.1) is 0 Å². The Morgan fingerprint density at radius 1 is 1.41 bits per heavy atom. The Morgan fingerprint density at radius 3 is 2.59 bits per heavy atom. The maximum Gasteiger partial charge on any atom is 0.143 e. The van der Waals surface area contributed by atoms with Gasteiger partial charge in [0.15, 0.2) is 0 Å². The van der Waals surface area contributed by atoms with Crippen molar-refractivity contribution in [3.63, 3.8) is 0 Å². The van der Waals surface area contributed by atoms with Gasteiger partial charge in [-0.1, -0.05) is 17.3 Å². The lowest BCUT2D eigenvalue weighted by Gasteiger charge is -2.11. The Balaban J connectivity index is 2.50. The molecule has 94 valence electrons. The Kier molecular flexibility index (Phi) is 5.29. The van der Waals surface area contributed by atoms with E-state index in [0.717, 1.165) is 11.3 Å². The molecule has 0 aliphatic rings. The van der Waals surface area contributed by atoms with Crippen molar-refractivity contribution < 1.29 is 14.7 Å². The van der Waals surface area contributed by atoms with E-state index in [2.05, 4.69) is 5.16 Å². The summed E-state index contributed by atoms with van der Waals surface area (Å²) in [6.07, 6.45) is 0.484. The topological polar surface area (TPSA) is 77.1 Å². The molecule has 0 radical (unpaired) electrons. The predicted octanol–water partition coefficient (Wildman–Crippen LogP) is 1.39. The molecule has 0 bridgehead atoms. The van der Waals surface area contributed by atoms with Crippen LogP contribution in [0.3, 0.4) is 0 Å². The zero-order chi connectivity index (χ0) is 12.7. The van der Waals surface area contributed by atoms with Crippen LogP contribution in [-0.2, 0) is 11.2 Å². The van der Waals surface area contributed by atoms with E-state index in [9.17, 15) is 0 Å². The SMILES string of the molecule is COC(C)COc1ccc(C/C(N)=N/O)cc1. The van der Waals surface area contributed by atoms with Crippen LogP contribution in [0, 0.1) is 0 Å². The van der Waals surface area contributed by atoms with E-state index in [1.54, 1.807) is 7.11 Å². The van der Waals surface area contributed by atoms with Crippen molar-refractivity contribution in [3.8, 4) is 5.75 Å². The maximum atomic E-state index is 8.45. The fraction of sp³-hybridized carbons (Fsp3) is 0.417. The monoisotopic (exact) mass is 238 g/mol. The molecule has 0 aliphatic heterocycles. The number of nitrogens with two attached hydrogens (primary N) is 1. The molecule has 1 aromatic rings. The van der Waals surface area contributed by atoms with Gasteiger partial charge in [0.05, 0.1) is 6.10 Å². The highest BCUT2D eigenvalue weighted by Crippen LogP contribution is 2.13. The van der Waals surface area contributed by atoms with E-state index in [-0.39, 0.29) is 11.9 Å². The van der Waals surface area contributed by atoms with Gasteiger partial charge in [-0.05, 0) is 24.6 Å². The molecule has 0 amide bonds. The zero-order valence-corrected chi connectivity index (χ0v) is 10.1. The second kappa shape index (κ2) is 6.75. The molecular formula is C12H18N2O3. The highest BCUT2D eigenvalue weighted by Gasteiger charge is 2.02. The molecule has 0 aromatic heterocycles. The van der Waals surface area contributed by atoms with Crippen molar-refractivity contribution in [2.24, 2.45) is 10.9 Å². The first-order valence-electron chi connectivity index (χ1n) is 5.36. The maximum absolute atomic E-state index is 8.45. The van der Waals surface area contributed by atoms with Crippen LogP contribution in [0.5, 0.6) is 5.75 Å². The Hall–Kier alpha value is -1.75. The van der Waals surface area contributed by atoms with Gasteiger partial charge < -0.3 is 20.4 Å². The number of ether oxygens (including phenoxy) is 2. The number of nitrogens with zero attached hydrogens (tertiary/aromatic N) is 1. The molecule has 0 fully saturated rings. The minimum atomic E-state index is 0.0619. The number of hydrogen-bond donors (Lipinski definition) is 2. The van der Waals surface area contributed by atoms with Crippen LogP contribution < -0.4 is 10.5 Å².